The average molecular weight is 281 g/mol. The summed E-state index contributed by atoms with van der Waals surface area (Å²) < 4.78 is 7.34. The van der Waals surface area contributed by atoms with Gasteiger partial charge < -0.3 is 14.6 Å². The van der Waals surface area contributed by atoms with Crippen LogP contribution in [0.1, 0.15) is 59.7 Å². The summed E-state index contributed by atoms with van der Waals surface area (Å²) in [6.45, 7) is 12.5. The fraction of sp³-hybridized carbons (Fsp3) is 0.733. The molecule has 0 spiro atoms. The number of nitrogens with one attached hydrogen (secondary N) is 1. The third kappa shape index (κ3) is 4.87. The lowest BCUT2D eigenvalue weighted by atomic mass is 10.0. The molecule has 1 rings (SSSR count). The Labute approximate surface area is 121 Å². The molecule has 1 N–H and O–H groups in total. The number of alkyl carbamates (subject to hydrolysis) is 1. The number of carbonyl (C=O) groups excluding carboxylic acids is 1. The van der Waals surface area contributed by atoms with Gasteiger partial charge in [0.25, 0.3) is 0 Å². The van der Waals surface area contributed by atoms with Gasteiger partial charge in [-0.05, 0) is 33.6 Å². The van der Waals surface area contributed by atoms with E-state index in [0.717, 1.165) is 12.1 Å². The first-order valence-electron chi connectivity index (χ1n) is 7.22. The Bertz CT molecular complexity index is 435. The van der Waals surface area contributed by atoms with Crippen molar-refractivity contribution >= 4 is 6.09 Å². The van der Waals surface area contributed by atoms with Gasteiger partial charge in [-0.2, -0.15) is 0 Å². The second kappa shape index (κ2) is 6.77. The summed E-state index contributed by atoms with van der Waals surface area (Å²) in [5.41, 5.74) is 0.512. The lowest BCUT2D eigenvalue weighted by molar-refractivity contribution is 0.0522. The summed E-state index contributed by atoms with van der Waals surface area (Å²) in [5.74, 6) is 0.560. The molecule has 1 amide bonds. The van der Waals surface area contributed by atoms with E-state index in [1.807, 2.05) is 27.1 Å². The van der Waals surface area contributed by atoms with Crippen molar-refractivity contribution in [2.45, 2.75) is 66.2 Å². The zero-order valence-electron chi connectivity index (χ0n) is 13.4. The first kappa shape index (κ1) is 16.5. The van der Waals surface area contributed by atoms with Gasteiger partial charge in [-0.15, -0.1) is 0 Å². The lowest BCUT2D eigenvalue weighted by Gasteiger charge is -2.23. The molecule has 114 valence electrons. The summed E-state index contributed by atoms with van der Waals surface area (Å²) >= 11 is 0. The van der Waals surface area contributed by atoms with Crippen molar-refractivity contribution in [1.29, 1.82) is 0 Å². The molecule has 5 nitrogen and oxygen atoms in total. The summed E-state index contributed by atoms with van der Waals surface area (Å²) in [6, 6.07) is 0.359. The zero-order chi connectivity index (χ0) is 15.3. The Kier molecular flexibility index (Phi) is 5.60. The predicted molar refractivity (Wildman–Crippen MR) is 79.5 cm³/mol. The van der Waals surface area contributed by atoms with Gasteiger partial charge in [-0.1, -0.05) is 20.3 Å². The number of hydrogen-bond donors (Lipinski definition) is 1. The number of hydrogen-bond acceptors (Lipinski definition) is 3. The predicted octanol–water partition coefficient (Wildman–Crippen LogP) is 3.51. The van der Waals surface area contributed by atoms with Crippen LogP contribution in [0.25, 0.3) is 0 Å². The van der Waals surface area contributed by atoms with Gasteiger partial charge in [0.15, 0.2) is 0 Å². The number of carbonyl (C=O) groups is 1. The van der Waals surface area contributed by atoms with Crippen molar-refractivity contribution in [3.8, 4) is 0 Å². The first-order valence-corrected chi connectivity index (χ1v) is 7.22. The van der Waals surface area contributed by atoms with Crippen molar-refractivity contribution in [1.82, 2.24) is 14.9 Å². The van der Waals surface area contributed by atoms with E-state index in [-0.39, 0.29) is 0 Å². The monoisotopic (exact) mass is 281 g/mol. The molecule has 0 fully saturated rings. The first-order chi connectivity index (χ1) is 9.24. The molecule has 0 bridgehead atoms. The van der Waals surface area contributed by atoms with Crippen molar-refractivity contribution in [2.75, 3.05) is 0 Å². The van der Waals surface area contributed by atoms with Gasteiger partial charge in [0.2, 0.25) is 0 Å². The molecule has 0 aliphatic rings. The molecule has 5 heteroatoms. The van der Waals surface area contributed by atoms with Gasteiger partial charge in [0.1, 0.15) is 5.60 Å². The van der Waals surface area contributed by atoms with Crippen LogP contribution < -0.4 is 5.32 Å². The Morgan fingerprint density at radius 3 is 2.65 bits per heavy atom. The minimum absolute atomic E-state index is 0.359. The zero-order valence-corrected chi connectivity index (χ0v) is 13.4. The second-order valence-electron chi connectivity index (χ2n) is 6.27. The summed E-state index contributed by atoms with van der Waals surface area (Å²) in [4.78, 5) is 15.8. The number of imidazole rings is 1. The van der Waals surface area contributed by atoms with Gasteiger partial charge >= 0.3 is 6.09 Å². The van der Waals surface area contributed by atoms with E-state index in [9.17, 15) is 4.79 Å². The van der Waals surface area contributed by atoms with Crippen molar-refractivity contribution in [2.24, 2.45) is 5.92 Å². The smallest absolute Gasteiger partial charge is 0.407 e. The fourth-order valence-electron chi connectivity index (χ4n) is 1.93. The Morgan fingerprint density at radius 2 is 2.10 bits per heavy atom. The van der Waals surface area contributed by atoms with Crippen LogP contribution in [0.15, 0.2) is 12.5 Å². The minimum atomic E-state index is -0.478. The van der Waals surface area contributed by atoms with Crippen LogP contribution in [-0.4, -0.2) is 21.2 Å². The molecule has 2 unspecified atom stereocenters. The fourth-order valence-corrected chi connectivity index (χ4v) is 1.93. The molecule has 0 aliphatic carbocycles. The standard InChI is InChI=1S/C15H27N3O2/c1-7-11(2)12(3)18-10-16-8-13(18)9-17-14(19)20-15(4,5)6/h8,10-12H,7,9H2,1-6H3,(H,17,19). The van der Waals surface area contributed by atoms with Crippen molar-refractivity contribution in [3.63, 3.8) is 0 Å². The normalized spacial score (nSPS) is 14.7. The maximum absolute atomic E-state index is 11.7. The van der Waals surface area contributed by atoms with Crippen molar-refractivity contribution in [3.05, 3.63) is 18.2 Å². The van der Waals surface area contributed by atoms with E-state index in [1.54, 1.807) is 6.20 Å². The molecule has 0 saturated carbocycles. The lowest BCUT2D eigenvalue weighted by Crippen LogP contribution is -2.32. The van der Waals surface area contributed by atoms with Gasteiger partial charge in [-0.3, -0.25) is 0 Å². The third-order valence-electron chi connectivity index (χ3n) is 3.47. The second-order valence-corrected chi connectivity index (χ2v) is 6.27. The van der Waals surface area contributed by atoms with Crippen LogP contribution in [-0.2, 0) is 11.3 Å². The highest BCUT2D eigenvalue weighted by Crippen LogP contribution is 2.21. The van der Waals surface area contributed by atoms with Crippen molar-refractivity contribution < 1.29 is 9.53 Å². The largest absolute Gasteiger partial charge is 0.444 e. The molecule has 1 heterocycles. The highest BCUT2D eigenvalue weighted by Gasteiger charge is 2.18. The highest BCUT2D eigenvalue weighted by molar-refractivity contribution is 5.67. The van der Waals surface area contributed by atoms with Crippen LogP contribution >= 0.6 is 0 Å². The number of ether oxygens (including phenoxy) is 1. The number of aromatic nitrogens is 2. The maximum Gasteiger partial charge on any atom is 0.407 e. The Balaban J connectivity index is 2.62. The third-order valence-corrected chi connectivity index (χ3v) is 3.47. The number of nitrogens with zero attached hydrogens (tertiary/aromatic N) is 2. The number of rotatable bonds is 5. The van der Waals surface area contributed by atoms with E-state index in [0.29, 0.717) is 18.5 Å². The van der Waals surface area contributed by atoms with Crippen LogP contribution in [0.2, 0.25) is 0 Å². The molecule has 20 heavy (non-hydrogen) atoms. The van der Waals surface area contributed by atoms with E-state index in [2.05, 4.69) is 35.6 Å². The van der Waals surface area contributed by atoms with E-state index >= 15 is 0 Å². The highest BCUT2D eigenvalue weighted by atomic mass is 16.6. The van der Waals surface area contributed by atoms with Crippen LogP contribution in [0.4, 0.5) is 4.79 Å². The van der Waals surface area contributed by atoms with Crippen LogP contribution in [0.5, 0.6) is 0 Å². The molecule has 2 atom stereocenters. The molecular weight excluding hydrogens is 254 g/mol. The van der Waals surface area contributed by atoms with Crippen LogP contribution in [0.3, 0.4) is 0 Å². The van der Waals surface area contributed by atoms with Gasteiger partial charge in [0.05, 0.1) is 18.6 Å². The SMILES string of the molecule is CCC(C)C(C)n1cncc1CNC(=O)OC(C)(C)C. The topological polar surface area (TPSA) is 56.2 Å². The Morgan fingerprint density at radius 1 is 1.45 bits per heavy atom. The molecule has 1 aromatic heterocycles. The number of amides is 1. The van der Waals surface area contributed by atoms with E-state index < -0.39 is 11.7 Å². The van der Waals surface area contributed by atoms with E-state index in [1.165, 1.54) is 0 Å². The molecule has 0 saturated heterocycles. The maximum atomic E-state index is 11.7. The summed E-state index contributed by atoms with van der Waals surface area (Å²) in [7, 11) is 0. The van der Waals surface area contributed by atoms with Gasteiger partial charge in [0, 0.05) is 12.2 Å². The molecule has 1 aromatic rings. The van der Waals surface area contributed by atoms with Crippen LogP contribution in [0, 0.1) is 5.92 Å². The van der Waals surface area contributed by atoms with E-state index in [4.69, 9.17) is 4.74 Å². The summed E-state index contributed by atoms with van der Waals surface area (Å²) in [6.07, 6.45) is 4.32. The minimum Gasteiger partial charge on any atom is -0.444 e. The molecular formula is C15H27N3O2. The summed E-state index contributed by atoms with van der Waals surface area (Å²) in [5, 5.41) is 2.77. The quantitative estimate of drug-likeness (QED) is 0.898. The average Bonchev–Trinajstić information content (AvgIpc) is 2.80. The molecule has 0 aromatic carbocycles. The van der Waals surface area contributed by atoms with Gasteiger partial charge in [-0.25, -0.2) is 9.78 Å². The molecule has 0 aliphatic heterocycles. The molecule has 0 radical (unpaired) electrons. The Hall–Kier alpha value is -1.52.